The Morgan fingerprint density at radius 3 is 2.57 bits per heavy atom. The Bertz CT molecular complexity index is 886. The first kappa shape index (κ1) is 15.4. The average Bonchev–Trinajstić information content (AvgIpc) is 2.99. The number of aromatic nitrogens is 2. The third-order valence-corrected chi connectivity index (χ3v) is 4.20. The van der Waals surface area contributed by atoms with Gasteiger partial charge in [0.05, 0.1) is 18.1 Å². The van der Waals surface area contributed by atoms with E-state index >= 15 is 0 Å². The normalized spacial score (nSPS) is 10.5. The van der Waals surface area contributed by atoms with Gasteiger partial charge in [0.25, 0.3) is 0 Å². The Hall–Kier alpha value is -2.45. The lowest BCUT2D eigenvalue weighted by Gasteiger charge is -2.07. The van der Waals surface area contributed by atoms with E-state index in [0.29, 0.717) is 23.7 Å². The number of hydrogen-bond donors (Lipinski definition) is 0. The maximum absolute atomic E-state index is 9.02. The third kappa shape index (κ3) is 3.33. The minimum atomic E-state index is 0.560. The minimum absolute atomic E-state index is 0.560. The van der Waals surface area contributed by atoms with Crippen LogP contribution in [0.1, 0.15) is 28.1 Å². The molecule has 0 aliphatic heterocycles. The van der Waals surface area contributed by atoms with Gasteiger partial charge in [0.1, 0.15) is 0 Å². The van der Waals surface area contributed by atoms with E-state index in [1.165, 1.54) is 0 Å². The molecular formula is C18H14BrN3O. The molecule has 0 spiro atoms. The second kappa shape index (κ2) is 6.35. The second-order valence-corrected chi connectivity index (χ2v) is 6.31. The summed E-state index contributed by atoms with van der Waals surface area (Å²) in [6, 6.07) is 13.7. The molecule has 0 atom stereocenters. The van der Waals surface area contributed by atoms with Crippen LogP contribution < -0.4 is 0 Å². The van der Waals surface area contributed by atoms with Crippen LogP contribution in [0.5, 0.6) is 0 Å². The molecule has 0 saturated carbocycles. The van der Waals surface area contributed by atoms with E-state index in [-0.39, 0.29) is 0 Å². The van der Waals surface area contributed by atoms with E-state index in [1.54, 1.807) is 0 Å². The standard InChI is InChI=1S/C18H14BrN3O/c1-11-6-13(10-20)7-12(2)16(11)9-17-21-18(22-23-17)14-4-3-5-15(19)8-14/h3-8H,9H2,1-2H3. The van der Waals surface area contributed by atoms with Gasteiger partial charge in [-0.15, -0.1) is 0 Å². The molecule has 0 fully saturated rings. The highest BCUT2D eigenvalue weighted by Crippen LogP contribution is 2.23. The summed E-state index contributed by atoms with van der Waals surface area (Å²) in [7, 11) is 0. The van der Waals surface area contributed by atoms with Gasteiger partial charge in [-0.3, -0.25) is 0 Å². The SMILES string of the molecule is Cc1cc(C#N)cc(C)c1Cc1nc(-c2cccc(Br)c2)no1. The van der Waals surface area contributed by atoms with Crippen LogP contribution in [0.25, 0.3) is 11.4 Å². The zero-order valence-corrected chi connectivity index (χ0v) is 14.4. The fourth-order valence-corrected chi connectivity index (χ4v) is 2.96. The molecule has 0 aliphatic carbocycles. The molecule has 23 heavy (non-hydrogen) atoms. The first-order chi connectivity index (χ1) is 11.1. The lowest BCUT2D eigenvalue weighted by atomic mass is 9.97. The smallest absolute Gasteiger partial charge is 0.231 e. The van der Waals surface area contributed by atoms with Gasteiger partial charge in [-0.25, -0.2) is 0 Å². The molecule has 3 rings (SSSR count). The summed E-state index contributed by atoms with van der Waals surface area (Å²) in [6.07, 6.45) is 0.560. The van der Waals surface area contributed by atoms with E-state index in [4.69, 9.17) is 9.78 Å². The van der Waals surface area contributed by atoms with Crippen LogP contribution in [-0.4, -0.2) is 10.1 Å². The lowest BCUT2D eigenvalue weighted by molar-refractivity contribution is 0.385. The summed E-state index contributed by atoms with van der Waals surface area (Å²) < 4.78 is 6.36. The van der Waals surface area contributed by atoms with E-state index < -0.39 is 0 Å². The summed E-state index contributed by atoms with van der Waals surface area (Å²) in [5, 5.41) is 13.1. The van der Waals surface area contributed by atoms with Crippen LogP contribution >= 0.6 is 15.9 Å². The minimum Gasteiger partial charge on any atom is -0.339 e. The molecule has 5 heteroatoms. The molecule has 2 aromatic carbocycles. The number of nitriles is 1. The van der Waals surface area contributed by atoms with Crippen molar-refractivity contribution < 1.29 is 4.52 Å². The first-order valence-electron chi connectivity index (χ1n) is 7.15. The van der Waals surface area contributed by atoms with E-state index in [0.717, 1.165) is 26.7 Å². The molecule has 0 saturated heterocycles. The molecule has 1 heterocycles. The zero-order chi connectivity index (χ0) is 16.4. The van der Waals surface area contributed by atoms with Crippen molar-refractivity contribution in [2.45, 2.75) is 20.3 Å². The summed E-state index contributed by atoms with van der Waals surface area (Å²) in [5.41, 5.74) is 4.81. The van der Waals surface area contributed by atoms with Crippen molar-refractivity contribution >= 4 is 15.9 Å². The topological polar surface area (TPSA) is 62.7 Å². The summed E-state index contributed by atoms with van der Waals surface area (Å²) >= 11 is 3.44. The molecule has 0 aliphatic rings. The van der Waals surface area contributed by atoms with Crippen LogP contribution in [-0.2, 0) is 6.42 Å². The lowest BCUT2D eigenvalue weighted by Crippen LogP contribution is -1.97. The molecule has 0 amide bonds. The predicted octanol–water partition coefficient (Wildman–Crippen LogP) is 4.58. The van der Waals surface area contributed by atoms with Crippen molar-refractivity contribution in [1.82, 2.24) is 10.1 Å². The predicted molar refractivity (Wildman–Crippen MR) is 90.9 cm³/mol. The van der Waals surface area contributed by atoms with Crippen molar-refractivity contribution in [3.8, 4) is 17.5 Å². The molecule has 0 N–H and O–H groups in total. The fourth-order valence-electron chi connectivity index (χ4n) is 2.56. The molecule has 0 bridgehead atoms. The van der Waals surface area contributed by atoms with Gasteiger partial charge >= 0.3 is 0 Å². The fraction of sp³-hybridized carbons (Fsp3) is 0.167. The summed E-state index contributed by atoms with van der Waals surface area (Å²) in [5.74, 6) is 1.14. The molecule has 0 radical (unpaired) electrons. The van der Waals surface area contributed by atoms with Gasteiger partial charge in [0, 0.05) is 10.0 Å². The third-order valence-electron chi connectivity index (χ3n) is 3.70. The van der Waals surface area contributed by atoms with Gasteiger partial charge in [0.15, 0.2) is 0 Å². The Labute approximate surface area is 142 Å². The summed E-state index contributed by atoms with van der Waals surface area (Å²) in [4.78, 5) is 4.48. The maximum atomic E-state index is 9.02. The quantitative estimate of drug-likeness (QED) is 0.679. The highest BCUT2D eigenvalue weighted by Gasteiger charge is 2.13. The second-order valence-electron chi connectivity index (χ2n) is 5.40. The highest BCUT2D eigenvalue weighted by atomic mass is 79.9. The highest BCUT2D eigenvalue weighted by molar-refractivity contribution is 9.10. The Morgan fingerprint density at radius 1 is 1.17 bits per heavy atom. The van der Waals surface area contributed by atoms with Crippen molar-refractivity contribution in [2.24, 2.45) is 0 Å². The number of nitrogens with zero attached hydrogens (tertiary/aromatic N) is 3. The van der Waals surface area contributed by atoms with E-state index in [9.17, 15) is 0 Å². The molecule has 0 unspecified atom stereocenters. The van der Waals surface area contributed by atoms with E-state index in [2.05, 4.69) is 32.1 Å². The monoisotopic (exact) mass is 367 g/mol. The molecule has 1 aromatic heterocycles. The number of hydrogen-bond acceptors (Lipinski definition) is 4. The first-order valence-corrected chi connectivity index (χ1v) is 7.95. The number of halogens is 1. The van der Waals surface area contributed by atoms with Crippen molar-refractivity contribution in [2.75, 3.05) is 0 Å². The van der Waals surface area contributed by atoms with Gasteiger partial charge in [-0.2, -0.15) is 10.2 Å². The number of rotatable bonds is 3. The van der Waals surface area contributed by atoms with Crippen LogP contribution in [0, 0.1) is 25.2 Å². The molecule has 3 aromatic rings. The Kier molecular flexibility index (Phi) is 4.26. The Morgan fingerprint density at radius 2 is 1.91 bits per heavy atom. The van der Waals surface area contributed by atoms with Gasteiger partial charge < -0.3 is 4.52 Å². The average molecular weight is 368 g/mol. The largest absolute Gasteiger partial charge is 0.339 e. The molecule has 4 nitrogen and oxygen atoms in total. The number of aryl methyl sites for hydroxylation is 2. The van der Waals surface area contributed by atoms with Gasteiger partial charge in [-0.1, -0.05) is 33.2 Å². The van der Waals surface area contributed by atoms with Crippen LogP contribution in [0.3, 0.4) is 0 Å². The van der Waals surface area contributed by atoms with Crippen molar-refractivity contribution in [3.05, 3.63) is 69.0 Å². The maximum Gasteiger partial charge on any atom is 0.231 e. The molecular weight excluding hydrogens is 354 g/mol. The van der Waals surface area contributed by atoms with Crippen LogP contribution in [0.15, 0.2) is 45.4 Å². The zero-order valence-electron chi connectivity index (χ0n) is 12.8. The van der Waals surface area contributed by atoms with Crippen molar-refractivity contribution in [1.29, 1.82) is 5.26 Å². The van der Waals surface area contributed by atoms with E-state index in [1.807, 2.05) is 50.2 Å². The number of benzene rings is 2. The van der Waals surface area contributed by atoms with Crippen LogP contribution in [0.2, 0.25) is 0 Å². The van der Waals surface area contributed by atoms with Crippen molar-refractivity contribution in [3.63, 3.8) is 0 Å². The van der Waals surface area contributed by atoms with Gasteiger partial charge in [0.2, 0.25) is 11.7 Å². The Balaban J connectivity index is 1.90. The van der Waals surface area contributed by atoms with Gasteiger partial charge in [-0.05, 0) is 54.8 Å². The van der Waals surface area contributed by atoms with Crippen LogP contribution in [0.4, 0.5) is 0 Å². The summed E-state index contributed by atoms with van der Waals surface area (Å²) in [6.45, 7) is 3.99. The molecule has 114 valence electrons.